The fourth-order valence-corrected chi connectivity index (χ4v) is 4.56. The van der Waals surface area contributed by atoms with E-state index in [9.17, 15) is 14.9 Å². The van der Waals surface area contributed by atoms with Gasteiger partial charge in [-0.2, -0.15) is 11.8 Å². The molecule has 0 radical (unpaired) electrons. The summed E-state index contributed by atoms with van der Waals surface area (Å²) in [6, 6.07) is 11.3. The Morgan fingerprint density at radius 1 is 1.23 bits per heavy atom. The number of rotatable bonds is 9. The predicted octanol–water partition coefficient (Wildman–Crippen LogP) is 5.35. The molecule has 1 fully saturated rings. The number of nitrogens with zero attached hydrogens (tertiary/aromatic N) is 2. The maximum atomic E-state index is 12.7. The lowest BCUT2D eigenvalue weighted by atomic mass is 10.1. The lowest BCUT2D eigenvalue weighted by Gasteiger charge is -2.13. The number of thiocarbonyl (C=S) groups is 1. The summed E-state index contributed by atoms with van der Waals surface area (Å²) in [5.41, 5.74) is 0.332. The van der Waals surface area contributed by atoms with Gasteiger partial charge in [0.05, 0.1) is 16.9 Å². The van der Waals surface area contributed by atoms with Crippen molar-refractivity contribution in [3.05, 3.63) is 63.0 Å². The third-order valence-corrected chi connectivity index (χ3v) is 6.44. The van der Waals surface area contributed by atoms with Crippen LogP contribution < -0.4 is 9.47 Å². The average molecular weight is 477 g/mol. The van der Waals surface area contributed by atoms with Crippen molar-refractivity contribution in [2.24, 2.45) is 0 Å². The zero-order chi connectivity index (χ0) is 22.4. The maximum Gasteiger partial charge on any atom is 0.312 e. The van der Waals surface area contributed by atoms with Crippen LogP contribution in [0.5, 0.6) is 17.2 Å². The first kappa shape index (κ1) is 23.1. The molecule has 1 heterocycles. The molecule has 2 aromatic rings. The second-order valence-electron chi connectivity index (χ2n) is 6.44. The van der Waals surface area contributed by atoms with Gasteiger partial charge in [0.2, 0.25) is 5.75 Å². The Morgan fingerprint density at radius 2 is 1.94 bits per heavy atom. The number of hydrogen-bond donors (Lipinski definition) is 0. The Bertz CT molecular complexity index is 1020. The third kappa shape index (κ3) is 5.78. The highest BCUT2D eigenvalue weighted by Crippen LogP contribution is 2.36. The summed E-state index contributed by atoms with van der Waals surface area (Å²) in [7, 11) is 1.55. The highest BCUT2D eigenvalue weighted by Gasteiger charge is 2.31. The van der Waals surface area contributed by atoms with E-state index in [1.54, 1.807) is 60.2 Å². The summed E-state index contributed by atoms with van der Waals surface area (Å²) in [5, 5.41) is 11.6. The summed E-state index contributed by atoms with van der Waals surface area (Å²) in [4.78, 5) is 25.8. The van der Waals surface area contributed by atoms with Crippen LogP contribution in [0.15, 0.2) is 47.4 Å². The molecule has 0 unspecified atom stereocenters. The molecular weight excluding hydrogens is 456 g/mol. The Balaban J connectivity index is 1.81. The molecule has 10 heteroatoms. The van der Waals surface area contributed by atoms with Crippen LogP contribution in [-0.4, -0.2) is 45.7 Å². The molecule has 0 N–H and O–H groups in total. The van der Waals surface area contributed by atoms with Gasteiger partial charge in [0.15, 0.2) is 0 Å². The molecule has 162 valence electrons. The van der Waals surface area contributed by atoms with Crippen molar-refractivity contribution in [2.75, 3.05) is 25.7 Å². The first-order valence-corrected chi connectivity index (χ1v) is 11.9. The minimum absolute atomic E-state index is 0.108. The van der Waals surface area contributed by atoms with Gasteiger partial charge in [-0.15, -0.1) is 0 Å². The van der Waals surface area contributed by atoms with Crippen LogP contribution in [0, 0.1) is 10.1 Å². The first-order chi connectivity index (χ1) is 14.9. The van der Waals surface area contributed by atoms with Crippen LogP contribution in [0.25, 0.3) is 6.08 Å². The van der Waals surface area contributed by atoms with Gasteiger partial charge in [-0.05, 0) is 60.4 Å². The lowest BCUT2D eigenvalue weighted by molar-refractivity contribution is -0.385. The quantitative estimate of drug-likeness (QED) is 0.157. The van der Waals surface area contributed by atoms with E-state index in [-0.39, 0.29) is 17.3 Å². The zero-order valence-corrected chi connectivity index (χ0v) is 19.4. The topological polar surface area (TPSA) is 81.9 Å². The summed E-state index contributed by atoms with van der Waals surface area (Å²) in [6.07, 6.45) is 4.49. The molecule has 1 saturated heterocycles. The van der Waals surface area contributed by atoms with Gasteiger partial charge < -0.3 is 9.47 Å². The van der Waals surface area contributed by atoms with Gasteiger partial charge in [0, 0.05) is 12.6 Å². The number of amides is 1. The van der Waals surface area contributed by atoms with E-state index < -0.39 is 4.92 Å². The second kappa shape index (κ2) is 10.7. The van der Waals surface area contributed by atoms with Crippen LogP contribution in [0.4, 0.5) is 5.69 Å². The highest BCUT2D eigenvalue weighted by atomic mass is 32.2. The monoisotopic (exact) mass is 476 g/mol. The number of carbonyl (C=O) groups is 1. The van der Waals surface area contributed by atoms with E-state index in [0.29, 0.717) is 32.8 Å². The van der Waals surface area contributed by atoms with E-state index >= 15 is 0 Å². The SMILES string of the molecule is COc1ccc(Oc2ccc(/C=C3/SC(=S)N(CCCSC)C3=O)cc2[N+](=O)[O-])cc1. The van der Waals surface area contributed by atoms with E-state index in [2.05, 4.69) is 0 Å². The van der Waals surface area contributed by atoms with Gasteiger partial charge >= 0.3 is 5.69 Å². The molecule has 1 aliphatic rings. The summed E-state index contributed by atoms with van der Waals surface area (Å²) in [5.74, 6) is 1.98. The molecule has 0 aromatic heterocycles. The van der Waals surface area contributed by atoms with Crippen LogP contribution in [-0.2, 0) is 4.79 Å². The van der Waals surface area contributed by atoms with Gasteiger partial charge in [0.1, 0.15) is 15.8 Å². The Kier molecular flexibility index (Phi) is 7.94. The van der Waals surface area contributed by atoms with Gasteiger partial charge in [-0.1, -0.05) is 30.0 Å². The largest absolute Gasteiger partial charge is 0.497 e. The highest BCUT2D eigenvalue weighted by molar-refractivity contribution is 8.26. The summed E-state index contributed by atoms with van der Waals surface area (Å²) >= 11 is 8.25. The molecular formula is C21H20N2O5S3. The van der Waals surface area contributed by atoms with E-state index in [1.165, 1.54) is 23.9 Å². The summed E-state index contributed by atoms with van der Waals surface area (Å²) < 4.78 is 11.3. The lowest BCUT2D eigenvalue weighted by Crippen LogP contribution is -2.29. The van der Waals surface area contributed by atoms with Crippen molar-refractivity contribution >= 4 is 57.7 Å². The number of thioether (sulfide) groups is 2. The van der Waals surface area contributed by atoms with Crippen molar-refractivity contribution in [3.63, 3.8) is 0 Å². The van der Waals surface area contributed by atoms with Crippen LogP contribution in [0.1, 0.15) is 12.0 Å². The van der Waals surface area contributed by atoms with E-state index in [0.717, 1.165) is 12.2 Å². The maximum absolute atomic E-state index is 12.7. The molecule has 2 aromatic carbocycles. The summed E-state index contributed by atoms with van der Waals surface area (Å²) in [6.45, 7) is 0.567. The molecule has 7 nitrogen and oxygen atoms in total. The minimum atomic E-state index is -0.510. The van der Waals surface area contributed by atoms with Crippen LogP contribution in [0.3, 0.4) is 0 Å². The van der Waals surface area contributed by atoms with Crippen LogP contribution in [0.2, 0.25) is 0 Å². The number of methoxy groups -OCH3 is 1. The van der Waals surface area contributed by atoms with Crippen molar-refractivity contribution in [1.29, 1.82) is 0 Å². The Hall–Kier alpha value is -2.56. The van der Waals surface area contributed by atoms with Crippen molar-refractivity contribution in [2.45, 2.75) is 6.42 Å². The van der Waals surface area contributed by atoms with Gasteiger partial charge in [-0.3, -0.25) is 19.8 Å². The number of hydrogen-bond acceptors (Lipinski definition) is 8. The fraction of sp³-hybridized carbons (Fsp3) is 0.238. The van der Waals surface area contributed by atoms with Crippen molar-refractivity contribution in [3.8, 4) is 17.2 Å². The number of nitro groups is 1. The molecule has 1 aliphatic heterocycles. The molecule has 0 saturated carbocycles. The smallest absolute Gasteiger partial charge is 0.312 e. The minimum Gasteiger partial charge on any atom is -0.497 e. The zero-order valence-electron chi connectivity index (χ0n) is 16.9. The van der Waals surface area contributed by atoms with Crippen LogP contribution >= 0.6 is 35.7 Å². The molecule has 0 bridgehead atoms. The number of benzene rings is 2. The molecule has 1 amide bonds. The van der Waals surface area contributed by atoms with E-state index in [1.807, 2.05) is 6.26 Å². The predicted molar refractivity (Wildman–Crippen MR) is 129 cm³/mol. The fourth-order valence-electron chi connectivity index (χ4n) is 2.84. The number of carbonyl (C=O) groups excluding carboxylic acids is 1. The molecule has 3 rings (SSSR count). The Labute approximate surface area is 193 Å². The average Bonchev–Trinajstić information content (AvgIpc) is 3.02. The molecule has 0 atom stereocenters. The second-order valence-corrected chi connectivity index (χ2v) is 9.10. The Morgan fingerprint density at radius 3 is 2.58 bits per heavy atom. The van der Waals surface area contributed by atoms with Gasteiger partial charge in [-0.25, -0.2) is 0 Å². The molecule has 0 aliphatic carbocycles. The molecule has 31 heavy (non-hydrogen) atoms. The number of nitro benzene ring substituents is 1. The van der Waals surface area contributed by atoms with Crippen molar-refractivity contribution in [1.82, 2.24) is 4.90 Å². The number of ether oxygens (including phenoxy) is 2. The van der Waals surface area contributed by atoms with Gasteiger partial charge in [0.25, 0.3) is 5.91 Å². The normalized spacial score (nSPS) is 14.9. The molecule has 0 spiro atoms. The van der Waals surface area contributed by atoms with E-state index in [4.69, 9.17) is 21.7 Å². The third-order valence-electron chi connectivity index (χ3n) is 4.37. The first-order valence-electron chi connectivity index (χ1n) is 9.27. The van der Waals surface area contributed by atoms with Crippen molar-refractivity contribution < 1.29 is 19.2 Å². The standard InChI is InChI=1S/C21H20N2O5S3/c1-27-15-5-7-16(8-6-15)28-18-9-4-14(12-17(18)23(25)26)13-19-20(24)22(21(29)31-19)10-3-11-30-2/h4-9,12-13H,3,10-11H2,1-2H3/b19-13+.